The predicted octanol–water partition coefficient (Wildman–Crippen LogP) is 3.11. The molecule has 1 aliphatic heterocycles. The molecule has 0 saturated carbocycles. The molecule has 1 aliphatic rings. The van der Waals surface area contributed by atoms with Crippen LogP contribution in [0.1, 0.15) is 11.1 Å². The normalized spacial score (nSPS) is 14.6. The topological polar surface area (TPSA) is 65.1 Å². The molecule has 0 aliphatic carbocycles. The third-order valence-corrected chi connectivity index (χ3v) is 6.58. The summed E-state index contributed by atoms with van der Waals surface area (Å²) in [4.78, 5) is 0.146. The van der Waals surface area contributed by atoms with Crippen molar-refractivity contribution >= 4 is 21.6 Å². The molecule has 1 heterocycles. The molecule has 0 atom stereocenters. The van der Waals surface area contributed by atoms with Gasteiger partial charge in [-0.3, -0.25) is 0 Å². The fourth-order valence-corrected chi connectivity index (χ4v) is 4.79. The Kier molecular flexibility index (Phi) is 5.32. The second-order valence-corrected chi connectivity index (χ2v) is 8.21. The maximum absolute atomic E-state index is 13.0. The zero-order chi connectivity index (χ0) is 18.9. The number of rotatable bonds is 5. The first kappa shape index (κ1) is 18.8. The van der Waals surface area contributed by atoms with Crippen LogP contribution >= 0.6 is 11.6 Å². The lowest BCUT2D eigenvalue weighted by Gasteiger charge is -2.29. The van der Waals surface area contributed by atoms with Gasteiger partial charge in [0.05, 0.1) is 31.2 Å². The van der Waals surface area contributed by atoms with Crippen molar-refractivity contribution in [1.29, 1.82) is 0 Å². The van der Waals surface area contributed by atoms with E-state index in [9.17, 15) is 8.42 Å². The Morgan fingerprint density at radius 1 is 0.923 bits per heavy atom. The Hall–Kier alpha value is -1.96. The van der Waals surface area contributed by atoms with E-state index in [1.165, 1.54) is 23.5 Å². The molecule has 140 valence electrons. The summed E-state index contributed by atoms with van der Waals surface area (Å²) in [6.45, 7) is 0.649. The predicted molar refractivity (Wildman–Crippen MR) is 98.8 cm³/mol. The number of nitrogens with zero attached hydrogens (tertiary/aromatic N) is 1. The minimum absolute atomic E-state index is 0.146. The minimum atomic E-state index is -3.67. The molecule has 0 bridgehead atoms. The molecule has 8 heteroatoms. The van der Waals surface area contributed by atoms with Gasteiger partial charge < -0.3 is 14.2 Å². The van der Waals surface area contributed by atoms with Gasteiger partial charge in [-0.2, -0.15) is 4.31 Å². The number of methoxy groups -OCH3 is 3. The van der Waals surface area contributed by atoms with Crippen molar-refractivity contribution in [2.45, 2.75) is 17.9 Å². The van der Waals surface area contributed by atoms with Gasteiger partial charge in [0.15, 0.2) is 11.5 Å². The highest BCUT2D eigenvalue weighted by Crippen LogP contribution is 2.35. The number of fused-ring (bicyclic) bond motifs is 1. The van der Waals surface area contributed by atoms with Crippen molar-refractivity contribution in [3.05, 3.63) is 46.5 Å². The summed E-state index contributed by atoms with van der Waals surface area (Å²) in [6, 6.07) is 8.21. The molecule has 0 fully saturated rings. The van der Waals surface area contributed by atoms with E-state index >= 15 is 0 Å². The maximum atomic E-state index is 13.0. The zero-order valence-corrected chi connectivity index (χ0v) is 16.4. The quantitative estimate of drug-likeness (QED) is 0.775. The number of hydrogen-bond donors (Lipinski definition) is 0. The first-order valence-electron chi connectivity index (χ1n) is 7.98. The molecule has 0 aromatic heterocycles. The summed E-state index contributed by atoms with van der Waals surface area (Å²) in [5.74, 6) is 1.66. The van der Waals surface area contributed by atoms with E-state index in [2.05, 4.69) is 0 Å². The van der Waals surface area contributed by atoms with Gasteiger partial charge in [0.25, 0.3) is 0 Å². The van der Waals surface area contributed by atoms with Crippen LogP contribution in [0.15, 0.2) is 35.2 Å². The highest BCUT2D eigenvalue weighted by Gasteiger charge is 2.29. The van der Waals surface area contributed by atoms with Crippen molar-refractivity contribution in [3.63, 3.8) is 0 Å². The lowest BCUT2D eigenvalue weighted by molar-refractivity contribution is 0.348. The van der Waals surface area contributed by atoms with E-state index in [0.29, 0.717) is 30.2 Å². The summed E-state index contributed by atoms with van der Waals surface area (Å²) in [7, 11) is 0.956. The van der Waals surface area contributed by atoms with Crippen LogP contribution in [0.5, 0.6) is 17.2 Å². The molecular weight excluding hydrogens is 378 g/mol. The fraction of sp³-hybridized carbons (Fsp3) is 0.333. The highest BCUT2D eigenvalue weighted by molar-refractivity contribution is 7.89. The van der Waals surface area contributed by atoms with Gasteiger partial charge in [-0.05, 0) is 47.9 Å². The molecule has 2 aromatic rings. The van der Waals surface area contributed by atoms with Crippen LogP contribution < -0.4 is 14.2 Å². The van der Waals surface area contributed by atoms with Gasteiger partial charge in [-0.25, -0.2) is 8.42 Å². The Balaban J connectivity index is 1.93. The number of hydrogen-bond acceptors (Lipinski definition) is 5. The number of benzene rings is 2. The molecular formula is C18H20ClNO5S. The molecule has 0 saturated heterocycles. The zero-order valence-electron chi connectivity index (χ0n) is 14.8. The molecule has 0 N–H and O–H groups in total. The van der Waals surface area contributed by atoms with Crippen molar-refractivity contribution in [3.8, 4) is 17.2 Å². The van der Waals surface area contributed by atoms with Crippen LogP contribution in [0.2, 0.25) is 5.02 Å². The van der Waals surface area contributed by atoms with E-state index in [-0.39, 0.29) is 16.5 Å². The number of halogens is 1. The Morgan fingerprint density at radius 2 is 1.54 bits per heavy atom. The average molecular weight is 398 g/mol. The standard InChI is InChI=1S/C18H20ClNO5S/c1-23-16-5-4-14(10-15(16)19)26(21,22)20-7-6-12-8-17(24-2)18(25-3)9-13(12)11-20/h4-5,8-10H,6-7,11H2,1-3H3. The molecule has 0 amide bonds. The lowest BCUT2D eigenvalue weighted by Crippen LogP contribution is -2.36. The summed E-state index contributed by atoms with van der Waals surface area (Å²) in [5, 5.41) is 0.261. The monoisotopic (exact) mass is 397 g/mol. The van der Waals surface area contributed by atoms with Crippen LogP contribution in [-0.2, 0) is 23.0 Å². The first-order valence-corrected chi connectivity index (χ1v) is 9.80. The second kappa shape index (κ2) is 7.34. The van der Waals surface area contributed by atoms with Crippen LogP contribution in [0.4, 0.5) is 0 Å². The highest BCUT2D eigenvalue weighted by atomic mass is 35.5. The van der Waals surface area contributed by atoms with Gasteiger partial charge in [0.1, 0.15) is 5.75 Å². The molecule has 3 rings (SSSR count). The molecule has 0 spiro atoms. The minimum Gasteiger partial charge on any atom is -0.495 e. The Morgan fingerprint density at radius 3 is 2.12 bits per heavy atom. The van der Waals surface area contributed by atoms with Crippen molar-refractivity contribution < 1.29 is 22.6 Å². The van der Waals surface area contributed by atoms with Crippen molar-refractivity contribution in [1.82, 2.24) is 4.31 Å². The molecule has 0 radical (unpaired) electrons. The SMILES string of the molecule is COc1ccc(S(=O)(=O)N2CCc3cc(OC)c(OC)cc3C2)cc1Cl. The smallest absolute Gasteiger partial charge is 0.243 e. The van der Waals surface area contributed by atoms with Crippen LogP contribution in [-0.4, -0.2) is 40.6 Å². The molecule has 26 heavy (non-hydrogen) atoms. The van der Waals surface area contributed by atoms with Crippen molar-refractivity contribution in [2.75, 3.05) is 27.9 Å². The van der Waals surface area contributed by atoms with E-state index in [1.807, 2.05) is 12.1 Å². The summed E-state index contributed by atoms with van der Waals surface area (Å²) < 4.78 is 43.2. The van der Waals surface area contributed by atoms with E-state index < -0.39 is 10.0 Å². The fourth-order valence-electron chi connectivity index (χ4n) is 3.02. The van der Waals surface area contributed by atoms with Gasteiger partial charge in [0.2, 0.25) is 10.0 Å². The van der Waals surface area contributed by atoms with E-state index in [0.717, 1.165) is 11.1 Å². The summed E-state index contributed by atoms with van der Waals surface area (Å²) in [5.41, 5.74) is 1.96. The van der Waals surface area contributed by atoms with Crippen LogP contribution in [0, 0.1) is 0 Å². The van der Waals surface area contributed by atoms with E-state index in [4.69, 9.17) is 25.8 Å². The molecule has 0 unspecified atom stereocenters. The maximum Gasteiger partial charge on any atom is 0.243 e. The van der Waals surface area contributed by atoms with Crippen LogP contribution in [0.3, 0.4) is 0 Å². The average Bonchev–Trinajstić information content (AvgIpc) is 2.66. The molecule has 6 nitrogen and oxygen atoms in total. The number of sulfonamides is 1. The van der Waals surface area contributed by atoms with Crippen molar-refractivity contribution in [2.24, 2.45) is 0 Å². The van der Waals surface area contributed by atoms with Gasteiger partial charge in [0, 0.05) is 13.1 Å². The molecule has 2 aromatic carbocycles. The summed E-state index contributed by atoms with van der Waals surface area (Å²) >= 11 is 6.09. The second-order valence-electron chi connectivity index (χ2n) is 5.86. The van der Waals surface area contributed by atoms with Gasteiger partial charge >= 0.3 is 0 Å². The Labute approximate surface area is 158 Å². The summed E-state index contributed by atoms with van der Waals surface area (Å²) in [6.07, 6.45) is 0.596. The lowest BCUT2D eigenvalue weighted by atomic mass is 10.0. The first-order chi connectivity index (χ1) is 12.4. The van der Waals surface area contributed by atoms with Gasteiger partial charge in [-0.15, -0.1) is 0 Å². The third-order valence-electron chi connectivity index (χ3n) is 4.44. The van der Waals surface area contributed by atoms with Crippen LogP contribution in [0.25, 0.3) is 0 Å². The number of ether oxygens (including phenoxy) is 3. The van der Waals surface area contributed by atoms with E-state index in [1.54, 1.807) is 20.3 Å². The third kappa shape index (κ3) is 3.34. The largest absolute Gasteiger partial charge is 0.495 e. The van der Waals surface area contributed by atoms with Gasteiger partial charge in [-0.1, -0.05) is 11.6 Å². The Bertz CT molecular complexity index is 929.